The zero-order valence-electron chi connectivity index (χ0n) is 10.0. The number of non-ortho nitro benzene ring substituents is 1. The van der Waals surface area contributed by atoms with Gasteiger partial charge in [0.05, 0.1) is 4.92 Å². The van der Waals surface area contributed by atoms with Gasteiger partial charge in [0.15, 0.2) is 0 Å². The Bertz CT molecular complexity index is 491. The van der Waals surface area contributed by atoms with Crippen molar-refractivity contribution in [3.8, 4) is 0 Å². The second kappa shape index (κ2) is 3.95. The molecule has 1 aromatic rings. The summed E-state index contributed by atoms with van der Waals surface area (Å²) < 4.78 is 0. The van der Waals surface area contributed by atoms with Crippen LogP contribution in [0.1, 0.15) is 37.8 Å². The molecule has 0 radical (unpaired) electrons. The molecule has 0 amide bonds. The van der Waals surface area contributed by atoms with Crippen molar-refractivity contribution in [3.63, 3.8) is 0 Å². The molecule has 0 atom stereocenters. The number of Topliss-reactive ketones (excluding diaryl/α,β-unsaturated/α-hetero) is 1. The van der Waals surface area contributed by atoms with E-state index in [1.165, 1.54) is 6.07 Å². The summed E-state index contributed by atoms with van der Waals surface area (Å²) in [7, 11) is 0. The number of hydrogen-bond acceptors (Lipinski definition) is 3. The Kier molecular flexibility index (Phi) is 2.73. The number of nitro benzene ring substituents is 1. The van der Waals surface area contributed by atoms with Crippen molar-refractivity contribution < 1.29 is 9.72 Å². The summed E-state index contributed by atoms with van der Waals surface area (Å²) in [6.07, 6.45) is 2.20. The first kappa shape index (κ1) is 11.8. The molecule has 0 aromatic heterocycles. The van der Waals surface area contributed by atoms with Crippen LogP contribution < -0.4 is 0 Å². The fourth-order valence-electron chi connectivity index (χ4n) is 2.38. The monoisotopic (exact) mass is 233 g/mol. The molecule has 0 saturated heterocycles. The van der Waals surface area contributed by atoms with Gasteiger partial charge in [-0.1, -0.05) is 6.07 Å². The minimum atomic E-state index is -0.613. The predicted molar refractivity (Wildman–Crippen MR) is 64.1 cm³/mol. The third kappa shape index (κ3) is 1.95. The minimum Gasteiger partial charge on any atom is -0.299 e. The molecule has 0 aliphatic heterocycles. The lowest BCUT2D eigenvalue weighted by molar-refractivity contribution is -0.385. The number of carbonyl (C=O) groups excluding carboxylic acids is 1. The summed E-state index contributed by atoms with van der Waals surface area (Å²) in [4.78, 5) is 22.4. The number of fused-ring (bicyclic) bond motifs is 1. The van der Waals surface area contributed by atoms with Crippen molar-refractivity contribution in [2.24, 2.45) is 0 Å². The molecule has 0 saturated carbocycles. The van der Waals surface area contributed by atoms with E-state index in [1.54, 1.807) is 12.1 Å². The zero-order valence-corrected chi connectivity index (χ0v) is 10.0. The molecule has 4 heteroatoms. The smallest absolute Gasteiger partial charge is 0.269 e. The van der Waals surface area contributed by atoms with Gasteiger partial charge in [-0.05, 0) is 37.8 Å². The number of rotatable bonds is 1. The van der Waals surface area contributed by atoms with Crippen LogP contribution in [0.3, 0.4) is 0 Å². The van der Waals surface area contributed by atoms with E-state index in [2.05, 4.69) is 0 Å². The van der Waals surface area contributed by atoms with Crippen molar-refractivity contribution in [1.82, 2.24) is 0 Å². The van der Waals surface area contributed by atoms with Crippen LogP contribution in [0.4, 0.5) is 5.69 Å². The molecule has 0 unspecified atom stereocenters. The summed E-state index contributed by atoms with van der Waals surface area (Å²) in [5, 5.41) is 10.8. The van der Waals surface area contributed by atoms with Gasteiger partial charge in [-0.2, -0.15) is 0 Å². The topological polar surface area (TPSA) is 60.2 Å². The molecule has 17 heavy (non-hydrogen) atoms. The number of carbonyl (C=O) groups is 1. The molecular formula is C13H15NO3. The quantitative estimate of drug-likeness (QED) is 0.425. The SMILES string of the molecule is CC1(C)C(=O)CCCc2ccc([N+](=O)[O-])cc21. The van der Waals surface area contributed by atoms with Crippen molar-refractivity contribution in [3.05, 3.63) is 39.4 Å². The molecule has 2 rings (SSSR count). The fourth-order valence-corrected chi connectivity index (χ4v) is 2.38. The van der Waals surface area contributed by atoms with E-state index in [0.717, 1.165) is 24.0 Å². The first-order valence-electron chi connectivity index (χ1n) is 5.74. The standard InChI is InChI=1S/C13H15NO3/c1-13(2)11-8-10(14(16)17)7-6-9(11)4-3-5-12(13)15/h6-8H,3-5H2,1-2H3. The summed E-state index contributed by atoms with van der Waals surface area (Å²) in [5.41, 5.74) is 1.32. The van der Waals surface area contributed by atoms with Gasteiger partial charge in [-0.25, -0.2) is 0 Å². The molecule has 4 nitrogen and oxygen atoms in total. The van der Waals surface area contributed by atoms with Gasteiger partial charge in [0.1, 0.15) is 5.78 Å². The Hall–Kier alpha value is -1.71. The lowest BCUT2D eigenvalue weighted by Crippen LogP contribution is -2.28. The molecule has 1 aliphatic carbocycles. The highest BCUT2D eigenvalue weighted by Gasteiger charge is 2.34. The van der Waals surface area contributed by atoms with Gasteiger partial charge < -0.3 is 0 Å². The number of benzene rings is 1. The van der Waals surface area contributed by atoms with E-state index in [4.69, 9.17) is 0 Å². The van der Waals surface area contributed by atoms with Crippen LogP contribution in [0.25, 0.3) is 0 Å². The molecule has 1 aliphatic rings. The maximum Gasteiger partial charge on any atom is 0.269 e. The van der Waals surface area contributed by atoms with Gasteiger partial charge in [0.2, 0.25) is 0 Å². The van der Waals surface area contributed by atoms with Crippen LogP contribution >= 0.6 is 0 Å². The van der Waals surface area contributed by atoms with Crippen molar-refractivity contribution in [2.45, 2.75) is 38.5 Å². The highest BCUT2D eigenvalue weighted by molar-refractivity contribution is 5.90. The van der Waals surface area contributed by atoms with Crippen LogP contribution in [-0.4, -0.2) is 10.7 Å². The maximum absolute atomic E-state index is 12.0. The average molecular weight is 233 g/mol. The van der Waals surface area contributed by atoms with E-state index >= 15 is 0 Å². The van der Waals surface area contributed by atoms with E-state index < -0.39 is 10.3 Å². The summed E-state index contributed by atoms with van der Waals surface area (Å²) in [6, 6.07) is 4.86. The third-order valence-corrected chi connectivity index (χ3v) is 3.52. The number of hydrogen-bond donors (Lipinski definition) is 0. The van der Waals surface area contributed by atoms with Crippen LogP contribution in [0.5, 0.6) is 0 Å². The van der Waals surface area contributed by atoms with E-state index in [0.29, 0.717) is 6.42 Å². The Morgan fingerprint density at radius 1 is 1.29 bits per heavy atom. The molecular weight excluding hydrogens is 218 g/mol. The molecule has 1 aromatic carbocycles. The Morgan fingerprint density at radius 3 is 2.65 bits per heavy atom. The van der Waals surface area contributed by atoms with E-state index in [9.17, 15) is 14.9 Å². The van der Waals surface area contributed by atoms with E-state index in [1.807, 2.05) is 13.8 Å². The average Bonchev–Trinajstić information content (AvgIpc) is 2.38. The first-order chi connectivity index (χ1) is 7.93. The van der Waals surface area contributed by atoms with E-state index in [-0.39, 0.29) is 11.5 Å². The molecule has 0 N–H and O–H groups in total. The Balaban J connectivity index is 2.60. The highest BCUT2D eigenvalue weighted by Crippen LogP contribution is 2.35. The van der Waals surface area contributed by atoms with Crippen molar-refractivity contribution in [1.29, 1.82) is 0 Å². The van der Waals surface area contributed by atoms with Gasteiger partial charge in [0.25, 0.3) is 5.69 Å². The molecule has 0 bridgehead atoms. The maximum atomic E-state index is 12.0. The molecule has 0 heterocycles. The summed E-state index contributed by atoms with van der Waals surface area (Å²) >= 11 is 0. The number of ketones is 1. The lowest BCUT2D eigenvalue weighted by Gasteiger charge is -2.23. The van der Waals surface area contributed by atoms with Gasteiger partial charge in [-0.15, -0.1) is 0 Å². The summed E-state index contributed by atoms with van der Waals surface area (Å²) in [6.45, 7) is 3.70. The second-order valence-electron chi connectivity index (χ2n) is 5.00. The fraction of sp³-hybridized carbons (Fsp3) is 0.462. The highest BCUT2D eigenvalue weighted by atomic mass is 16.6. The minimum absolute atomic E-state index is 0.0616. The largest absolute Gasteiger partial charge is 0.299 e. The third-order valence-electron chi connectivity index (χ3n) is 3.52. The summed E-state index contributed by atoms with van der Waals surface area (Å²) in [5.74, 6) is 0.164. The van der Waals surface area contributed by atoms with Crippen LogP contribution in [0.2, 0.25) is 0 Å². The number of nitrogens with zero attached hydrogens (tertiary/aromatic N) is 1. The second-order valence-corrected chi connectivity index (χ2v) is 5.00. The predicted octanol–water partition coefficient (Wildman–Crippen LogP) is 2.78. The normalized spacial score (nSPS) is 18.4. The van der Waals surface area contributed by atoms with Crippen molar-refractivity contribution in [2.75, 3.05) is 0 Å². The van der Waals surface area contributed by atoms with Crippen LogP contribution in [0.15, 0.2) is 18.2 Å². The molecule has 90 valence electrons. The number of aryl methyl sites for hydroxylation is 1. The zero-order chi connectivity index (χ0) is 12.6. The lowest BCUT2D eigenvalue weighted by atomic mass is 9.78. The number of nitro groups is 1. The van der Waals surface area contributed by atoms with Gasteiger partial charge >= 0.3 is 0 Å². The molecule has 0 fully saturated rings. The van der Waals surface area contributed by atoms with Crippen molar-refractivity contribution >= 4 is 11.5 Å². The van der Waals surface area contributed by atoms with Crippen LogP contribution in [-0.2, 0) is 16.6 Å². The first-order valence-corrected chi connectivity index (χ1v) is 5.74. The van der Waals surface area contributed by atoms with Gasteiger partial charge in [-0.3, -0.25) is 14.9 Å². The van der Waals surface area contributed by atoms with Gasteiger partial charge in [0, 0.05) is 24.0 Å². The van der Waals surface area contributed by atoms with Crippen LogP contribution in [0, 0.1) is 10.1 Å². The Labute approximate surface area is 99.8 Å². The molecule has 0 spiro atoms. The Morgan fingerprint density at radius 2 is 2.00 bits per heavy atom.